The van der Waals surface area contributed by atoms with Crippen molar-refractivity contribution in [2.45, 2.75) is 38.8 Å². The molecule has 118 valence electrons. The summed E-state index contributed by atoms with van der Waals surface area (Å²) in [5, 5.41) is 2.97. The van der Waals surface area contributed by atoms with E-state index in [1.54, 1.807) is 7.05 Å². The van der Waals surface area contributed by atoms with Gasteiger partial charge in [-0.05, 0) is 40.3 Å². The van der Waals surface area contributed by atoms with Gasteiger partial charge in [0.1, 0.15) is 0 Å². The third kappa shape index (κ3) is 4.17. The number of rotatable bonds is 5. The van der Waals surface area contributed by atoms with Gasteiger partial charge in [-0.2, -0.15) is 15.0 Å². The Balaban J connectivity index is 2.20. The molecular weight excluding hydrogens is 268 g/mol. The first-order valence-corrected chi connectivity index (χ1v) is 7.51. The van der Waals surface area contributed by atoms with Gasteiger partial charge >= 0.3 is 6.01 Å². The minimum Gasteiger partial charge on any atom is -0.461 e. The summed E-state index contributed by atoms with van der Waals surface area (Å²) < 4.78 is 5.62. The number of anilines is 2. The van der Waals surface area contributed by atoms with Gasteiger partial charge in [-0.25, -0.2) is 0 Å². The molecule has 1 unspecified atom stereocenters. The smallest absolute Gasteiger partial charge is 0.323 e. The molecule has 1 atom stereocenters. The molecule has 0 spiro atoms. The highest BCUT2D eigenvalue weighted by atomic mass is 16.5. The van der Waals surface area contributed by atoms with E-state index in [0.29, 0.717) is 23.9 Å². The highest BCUT2D eigenvalue weighted by Crippen LogP contribution is 2.20. The van der Waals surface area contributed by atoms with Crippen LogP contribution in [0, 0.1) is 0 Å². The lowest BCUT2D eigenvalue weighted by Gasteiger charge is -2.35. The molecule has 21 heavy (non-hydrogen) atoms. The van der Waals surface area contributed by atoms with E-state index in [9.17, 15) is 0 Å². The molecule has 0 aromatic carbocycles. The van der Waals surface area contributed by atoms with Crippen molar-refractivity contribution < 1.29 is 4.74 Å². The Morgan fingerprint density at radius 3 is 2.71 bits per heavy atom. The molecule has 1 fully saturated rings. The van der Waals surface area contributed by atoms with E-state index in [2.05, 4.69) is 37.1 Å². The Labute approximate surface area is 126 Å². The Kier molecular flexibility index (Phi) is 5.17. The molecule has 1 aromatic heterocycles. The zero-order valence-electron chi connectivity index (χ0n) is 13.6. The Morgan fingerprint density at radius 2 is 2.10 bits per heavy atom. The molecule has 7 nitrogen and oxygen atoms in total. The van der Waals surface area contributed by atoms with E-state index in [1.165, 1.54) is 6.42 Å². The molecule has 0 radical (unpaired) electrons. The highest BCUT2D eigenvalue weighted by Gasteiger charge is 2.24. The normalized spacial score (nSPS) is 19.6. The van der Waals surface area contributed by atoms with Crippen LogP contribution in [0.1, 0.15) is 26.7 Å². The van der Waals surface area contributed by atoms with E-state index in [0.717, 1.165) is 19.5 Å². The molecule has 7 heteroatoms. The number of aromatic nitrogens is 3. The average molecular weight is 294 g/mol. The monoisotopic (exact) mass is 294 g/mol. The zero-order valence-corrected chi connectivity index (χ0v) is 13.6. The van der Waals surface area contributed by atoms with Crippen molar-refractivity contribution in [1.82, 2.24) is 19.9 Å². The molecular formula is C14H26N6O. The van der Waals surface area contributed by atoms with Gasteiger partial charge in [0.25, 0.3) is 0 Å². The average Bonchev–Trinajstić information content (AvgIpc) is 2.45. The fraction of sp³-hybridized carbons (Fsp3) is 0.786. The van der Waals surface area contributed by atoms with Gasteiger partial charge in [-0.3, -0.25) is 0 Å². The summed E-state index contributed by atoms with van der Waals surface area (Å²) in [4.78, 5) is 17.6. The van der Waals surface area contributed by atoms with Gasteiger partial charge in [0.2, 0.25) is 11.9 Å². The fourth-order valence-electron chi connectivity index (χ4n) is 2.50. The van der Waals surface area contributed by atoms with Crippen molar-refractivity contribution in [1.29, 1.82) is 0 Å². The molecule has 1 aliphatic rings. The number of likely N-dealkylation sites (N-methyl/N-ethyl adjacent to an activating group) is 2. The maximum Gasteiger partial charge on any atom is 0.323 e. The van der Waals surface area contributed by atoms with E-state index in [4.69, 9.17) is 4.74 Å². The largest absolute Gasteiger partial charge is 0.461 e. The predicted octanol–water partition coefficient (Wildman–Crippen LogP) is 1.23. The van der Waals surface area contributed by atoms with Gasteiger partial charge < -0.3 is 19.9 Å². The molecule has 0 saturated carbocycles. The second kappa shape index (κ2) is 6.89. The van der Waals surface area contributed by atoms with Crippen LogP contribution in [0.25, 0.3) is 0 Å². The minimum atomic E-state index is 0.0380. The standard InChI is InChI=1S/C14H26N6O/c1-10(2)21-14-17-12(15-3)16-13(18-14)20(5)11-7-6-8-19(4)9-11/h10-11H,6-9H2,1-5H3,(H,15,16,17,18). The van der Waals surface area contributed by atoms with Crippen LogP contribution < -0.4 is 15.0 Å². The van der Waals surface area contributed by atoms with Crippen molar-refractivity contribution in [2.24, 2.45) is 0 Å². The second-order valence-corrected chi connectivity index (χ2v) is 5.83. The summed E-state index contributed by atoms with van der Waals surface area (Å²) in [5.41, 5.74) is 0. The van der Waals surface area contributed by atoms with E-state index >= 15 is 0 Å². The minimum absolute atomic E-state index is 0.0380. The van der Waals surface area contributed by atoms with Gasteiger partial charge in [-0.1, -0.05) is 0 Å². The van der Waals surface area contributed by atoms with Gasteiger partial charge in [0.05, 0.1) is 6.10 Å². The topological polar surface area (TPSA) is 66.4 Å². The maximum atomic E-state index is 5.62. The number of hydrogen-bond donors (Lipinski definition) is 1. The first-order chi connectivity index (χ1) is 9.99. The first kappa shape index (κ1) is 15.8. The number of nitrogens with one attached hydrogen (secondary N) is 1. The van der Waals surface area contributed by atoms with Crippen molar-refractivity contribution in [3.05, 3.63) is 0 Å². The molecule has 1 saturated heterocycles. The molecule has 1 aromatic rings. The molecule has 0 amide bonds. The molecule has 2 rings (SSSR count). The van der Waals surface area contributed by atoms with Crippen molar-refractivity contribution in [3.63, 3.8) is 0 Å². The van der Waals surface area contributed by atoms with Crippen LogP contribution in [-0.4, -0.2) is 66.2 Å². The Hall–Kier alpha value is -1.63. The Morgan fingerprint density at radius 1 is 1.33 bits per heavy atom. The van der Waals surface area contributed by atoms with Gasteiger partial charge in [-0.15, -0.1) is 0 Å². The van der Waals surface area contributed by atoms with Crippen LogP contribution >= 0.6 is 0 Å². The van der Waals surface area contributed by atoms with E-state index in [-0.39, 0.29) is 6.10 Å². The summed E-state index contributed by atoms with van der Waals surface area (Å²) in [5.74, 6) is 1.19. The molecule has 1 aliphatic heterocycles. The van der Waals surface area contributed by atoms with Gasteiger partial charge in [0.15, 0.2) is 0 Å². The molecule has 1 N–H and O–H groups in total. The third-order valence-electron chi connectivity index (χ3n) is 3.63. The molecule has 0 bridgehead atoms. The first-order valence-electron chi connectivity index (χ1n) is 7.51. The lowest BCUT2D eigenvalue weighted by Crippen LogP contribution is -2.45. The van der Waals surface area contributed by atoms with E-state index < -0.39 is 0 Å². The van der Waals surface area contributed by atoms with Crippen LogP contribution in [0.5, 0.6) is 6.01 Å². The summed E-state index contributed by atoms with van der Waals surface area (Å²) in [7, 11) is 5.99. The summed E-state index contributed by atoms with van der Waals surface area (Å²) in [6.07, 6.45) is 2.39. The highest BCUT2D eigenvalue weighted by molar-refractivity contribution is 5.38. The summed E-state index contributed by atoms with van der Waals surface area (Å²) in [6, 6.07) is 0.790. The zero-order chi connectivity index (χ0) is 15.4. The lowest BCUT2D eigenvalue weighted by atomic mass is 10.1. The van der Waals surface area contributed by atoms with Crippen LogP contribution in [0.15, 0.2) is 0 Å². The summed E-state index contributed by atoms with van der Waals surface area (Å²) >= 11 is 0. The molecule has 0 aliphatic carbocycles. The van der Waals surface area contributed by atoms with E-state index in [1.807, 2.05) is 20.9 Å². The van der Waals surface area contributed by atoms with Crippen molar-refractivity contribution in [2.75, 3.05) is 44.4 Å². The molecule has 2 heterocycles. The quantitative estimate of drug-likeness (QED) is 0.876. The SMILES string of the molecule is CNc1nc(OC(C)C)nc(N(C)C2CCCN(C)C2)n1. The number of likely N-dealkylation sites (tertiary alicyclic amines) is 1. The van der Waals surface area contributed by atoms with Crippen molar-refractivity contribution in [3.8, 4) is 6.01 Å². The summed E-state index contributed by atoms with van der Waals surface area (Å²) in [6.45, 7) is 6.10. The number of ether oxygens (including phenoxy) is 1. The van der Waals surface area contributed by atoms with Gasteiger partial charge in [0, 0.05) is 26.7 Å². The fourth-order valence-corrected chi connectivity index (χ4v) is 2.50. The predicted molar refractivity (Wildman–Crippen MR) is 84.1 cm³/mol. The lowest BCUT2D eigenvalue weighted by molar-refractivity contribution is 0.221. The van der Waals surface area contributed by atoms with Crippen LogP contribution in [0.3, 0.4) is 0 Å². The Bertz CT molecular complexity index is 467. The number of nitrogens with zero attached hydrogens (tertiary/aromatic N) is 5. The van der Waals surface area contributed by atoms with Crippen LogP contribution in [0.4, 0.5) is 11.9 Å². The number of piperidine rings is 1. The number of hydrogen-bond acceptors (Lipinski definition) is 7. The third-order valence-corrected chi connectivity index (χ3v) is 3.63. The van der Waals surface area contributed by atoms with Crippen molar-refractivity contribution >= 4 is 11.9 Å². The second-order valence-electron chi connectivity index (χ2n) is 5.83. The van der Waals surface area contributed by atoms with Crippen LogP contribution in [-0.2, 0) is 0 Å². The maximum absolute atomic E-state index is 5.62. The van der Waals surface area contributed by atoms with Crippen LogP contribution in [0.2, 0.25) is 0 Å².